The Morgan fingerprint density at radius 3 is 2.44 bits per heavy atom. The molecule has 0 spiro atoms. The molecule has 2 amide bonds. The van der Waals surface area contributed by atoms with Crippen molar-refractivity contribution in [2.45, 2.75) is 25.9 Å². The third-order valence-electron chi connectivity index (χ3n) is 5.69. The largest absolute Gasteiger partial charge is 0.495 e. The molecule has 1 fully saturated rings. The topological polar surface area (TPSA) is 103 Å². The Kier molecular flexibility index (Phi) is 8.34. The number of amides is 2. The molecule has 1 aliphatic rings. The first-order valence-electron chi connectivity index (χ1n) is 11.0. The van der Waals surface area contributed by atoms with Gasteiger partial charge in [-0.15, -0.1) is 0 Å². The average Bonchev–Trinajstić information content (AvgIpc) is 3.23. The molecule has 0 unspecified atom stereocenters. The summed E-state index contributed by atoms with van der Waals surface area (Å²) in [6.07, 6.45) is -0.356. The number of carbonyl (C=O) groups is 3. The van der Waals surface area contributed by atoms with E-state index in [0.717, 1.165) is 5.56 Å². The summed E-state index contributed by atoms with van der Waals surface area (Å²) in [7, 11) is 4.64. The second-order valence-corrected chi connectivity index (χ2v) is 7.95. The molecule has 2 atom stereocenters. The summed E-state index contributed by atoms with van der Waals surface area (Å²) >= 11 is 0. The second kappa shape index (κ2) is 11.4. The predicted molar refractivity (Wildman–Crippen MR) is 125 cm³/mol. The van der Waals surface area contributed by atoms with Crippen LogP contribution in [0.3, 0.4) is 0 Å². The molecule has 3 rings (SSSR count). The zero-order valence-electron chi connectivity index (χ0n) is 19.8. The lowest BCUT2D eigenvalue weighted by Gasteiger charge is -2.18. The van der Waals surface area contributed by atoms with Gasteiger partial charge in [0.15, 0.2) is 17.6 Å². The Labute approximate surface area is 198 Å². The number of esters is 1. The fourth-order valence-electron chi connectivity index (χ4n) is 3.75. The van der Waals surface area contributed by atoms with Gasteiger partial charge in [0.25, 0.3) is 5.91 Å². The van der Waals surface area contributed by atoms with Crippen molar-refractivity contribution in [3.8, 4) is 17.2 Å². The predicted octanol–water partition coefficient (Wildman–Crippen LogP) is 2.67. The van der Waals surface area contributed by atoms with Gasteiger partial charge in [0.1, 0.15) is 5.75 Å². The molecule has 9 heteroatoms. The van der Waals surface area contributed by atoms with E-state index >= 15 is 0 Å². The van der Waals surface area contributed by atoms with Gasteiger partial charge in [0, 0.05) is 19.5 Å². The normalized spacial score (nSPS) is 16.1. The van der Waals surface area contributed by atoms with E-state index in [1.165, 1.54) is 14.0 Å². The number of likely N-dealkylation sites (tertiary alicyclic amines) is 1. The fourth-order valence-corrected chi connectivity index (χ4v) is 3.75. The molecule has 0 aromatic heterocycles. The molecule has 1 aliphatic heterocycles. The van der Waals surface area contributed by atoms with E-state index in [1.807, 2.05) is 18.2 Å². The van der Waals surface area contributed by atoms with E-state index in [1.54, 1.807) is 43.4 Å². The molecule has 9 nitrogen and oxygen atoms in total. The highest BCUT2D eigenvalue weighted by Crippen LogP contribution is 2.28. The summed E-state index contributed by atoms with van der Waals surface area (Å²) in [6.45, 7) is 2.21. The first kappa shape index (κ1) is 24.9. The van der Waals surface area contributed by atoms with Crippen molar-refractivity contribution in [3.63, 3.8) is 0 Å². The molecule has 1 saturated heterocycles. The molecule has 0 aliphatic carbocycles. The Morgan fingerprint density at radius 1 is 1.03 bits per heavy atom. The monoisotopic (exact) mass is 470 g/mol. The van der Waals surface area contributed by atoms with Gasteiger partial charge in [-0.2, -0.15) is 0 Å². The van der Waals surface area contributed by atoms with Crippen LogP contribution in [0.4, 0.5) is 5.69 Å². The number of hydrogen-bond donors (Lipinski definition) is 1. The number of para-hydroxylation sites is 2. The lowest BCUT2D eigenvalue weighted by atomic mass is 10.1. The number of anilines is 1. The summed E-state index contributed by atoms with van der Waals surface area (Å²) in [5, 5.41) is 2.69. The minimum Gasteiger partial charge on any atom is -0.495 e. The zero-order valence-corrected chi connectivity index (χ0v) is 19.8. The van der Waals surface area contributed by atoms with Crippen LogP contribution in [0, 0.1) is 5.92 Å². The number of methoxy groups -OCH3 is 3. The van der Waals surface area contributed by atoms with Gasteiger partial charge < -0.3 is 29.2 Å². The van der Waals surface area contributed by atoms with Crippen LogP contribution in [0.2, 0.25) is 0 Å². The molecule has 0 saturated carbocycles. The third-order valence-corrected chi connectivity index (χ3v) is 5.69. The van der Waals surface area contributed by atoms with Crippen molar-refractivity contribution < 1.29 is 33.3 Å². The number of hydrogen-bond acceptors (Lipinski definition) is 7. The van der Waals surface area contributed by atoms with E-state index in [0.29, 0.717) is 35.9 Å². The van der Waals surface area contributed by atoms with E-state index in [9.17, 15) is 14.4 Å². The lowest BCUT2D eigenvalue weighted by molar-refractivity contribution is -0.157. The highest BCUT2D eigenvalue weighted by Gasteiger charge is 2.36. The summed E-state index contributed by atoms with van der Waals surface area (Å²) in [5.74, 6) is -0.0178. The number of carbonyl (C=O) groups excluding carboxylic acids is 3. The van der Waals surface area contributed by atoms with Crippen LogP contribution in [0.25, 0.3) is 0 Å². The van der Waals surface area contributed by atoms with Crippen LogP contribution in [0.15, 0.2) is 42.5 Å². The molecule has 1 heterocycles. The van der Waals surface area contributed by atoms with Crippen LogP contribution in [-0.2, 0) is 25.5 Å². The summed E-state index contributed by atoms with van der Waals surface area (Å²) in [4.78, 5) is 39.2. The van der Waals surface area contributed by atoms with Crippen molar-refractivity contribution in [3.05, 3.63) is 48.0 Å². The maximum absolute atomic E-state index is 12.6. The molecule has 2 aromatic carbocycles. The third kappa shape index (κ3) is 5.98. The highest BCUT2D eigenvalue weighted by molar-refractivity contribution is 5.96. The Hall–Kier alpha value is -3.75. The Morgan fingerprint density at radius 2 is 1.74 bits per heavy atom. The van der Waals surface area contributed by atoms with Crippen LogP contribution in [0.5, 0.6) is 17.2 Å². The van der Waals surface area contributed by atoms with Crippen molar-refractivity contribution >= 4 is 23.5 Å². The molecule has 2 aromatic rings. The maximum atomic E-state index is 12.6. The first-order valence-corrected chi connectivity index (χ1v) is 11.0. The quantitative estimate of drug-likeness (QED) is 0.533. The molecular formula is C25H30N2O7. The number of nitrogens with zero attached hydrogens (tertiary/aromatic N) is 1. The van der Waals surface area contributed by atoms with E-state index in [4.69, 9.17) is 18.9 Å². The van der Waals surface area contributed by atoms with Gasteiger partial charge in [-0.1, -0.05) is 18.2 Å². The van der Waals surface area contributed by atoms with Crippen molar-refractivity contribution in [2.24, 2.45) is 5.92 Å². The van der Waals surface area contributed by atoms with Gasteiger partial charge in [-0.25, -0.2) is 0 Å². The first-order chi connectivity index (χ1) is 16.4. The van der Waals surface area contributed by atoms with Gasteiger partial charge in [-0.3, -0.25) is 14.4 Å². The van der Waals surface area contributed by atoms with Gasteiger partial charge in [0.2, 0.25) is 5.91 Å². The summed E-state index contributed by atoms with van der Waals surface area (Å²) in [6, 6.07) is 12.5. The smallest absolute Gasteiger partial charge is 0.312 e. The van der Waals surface area contributed by atoms with E-state index in [-0.39, 0.29) is 18.9 Å². The molecule has 182 valence electrons. The Bertz CT molecular complexity index is 1040. The van der Waals surface area contributed by atoms with Gasteiger partial charge in [-0.05, 0) is 43.2 Å². The van der Waals surface area contributed by atoms with Gasteiger partial charge >= 0.3 is 5.97 Å². The van der Waals surface area contributed by atoms with Crippen LogP contribution in [0.1, 0.15) is 18.9 Å². The van der Waals surface area contributed by atoms with E-state index in [2.05, 4.69) is 5.32 Å². The van der Waals surface area contributed by atoms with Crippen LogP contribution < -0.4 is 19.5 Å². The molecular weight excluding hydrogens is 440 g/mol. The fraction of sp³-hybridized carbons (Fsp3) is 0.400. The minimum atomic E-state index is -1.02. The standard InChI is InChI=1S/C25H30N2O7/c1-16(24(29)26-19-7-5-6-8-20(19)31-2)34-25(30)18-14-23(28)27(15-18)12-11-17-9-10-21(32-3)22(13-17)33-4/h5-10,13,16,18H,11-12,14-15H2,1-4H3,(H,26,29)/t16-,18+/m0/s1. The summed E-state index contributed by atoms with van der Waals surface area (Å²) < 4.78 is 21.1. The zero-order chi connectivity index (χ0) is 24.7. The van der Waals surface area contributed by atoms with Crippen LogP contribution in [-0.4, -0.2) is 63.2 Å². The molecule has 34 heavy (non-hydrogen) atoms. The average molecular weight is 471 g/mol. The highest BCUT2D eigenvalue weighted by atomic mass is 16.5. The number of benzene rings is 2. The number of nitrogens with one attached hydrogen (secondary N) is 1. The van der Waals surface area contributed by atoms with Crippen LogP contribution >= 0.6 is 0 Å². The SMILES string of the molecule is COc1ccccc1NC(=O)[C@H](C)OC(=O)[C@@H]1CC(=O)N(CCc2ccc(OC)c(OC)c2)C1. The lowest BCUT2D eigenvalue weighted by Crippen LogP contribution is -2.33. The van der Waals surface area contributed by atoms with E-state index < -0.39 is 23.9 Å². The number of ether oxygens (including phenoxy) is 4. The molecule has 0 radical (unpaired) electrons. The van der Waals surface area contributed by atoms with Crippen molar-refractivity contribution in [1.29, 1.82) is 0 Å². The van der Waals surface area contributed by atoms with Gasteiger partial charge in [0.05, 0.1) is 32.9 Å². The number of rotatable bonds is 10. The Balaban J connectivity index is 1.51. The maximum Gasteiger partial charge on any atom is 0.312 e. The minimum absolute atomic E-state index is 0.0611. The van der Waals surface area contributed by atoms with Crippen molar-refractivity contribution in [2.75, 3.05) is 39.7 Å². The van der Waals surface area contributed by atoms with Crippen molar-refractivity contribution in [1.82, 2.24) is 4.90 Å². The molecule has 0 bridgehead atoms. The second-order valence-electron chi connectivity index (χ2n) is 7.95. The summed E-state index contributed by atoms with van der Waals surface area (Å²) in [5.41, 5.74) is 1.47. The molecule has 1 N–H and O–H groups in total.